The molecule has 2 heteroatoms. The van der Waals surface area contributed by atoms with E-state index in [0.29, 0.717) is 6.04 Å². The van der Waals surface area contributed by atoms with Crippen molar-refractivity contribution in [2.45, 2.75) is 40.7 Å². The summed E-state index contributed by atoms with van der Waals surface area (Å²) in [6.07, 6.45) is 0. The molecule has 0 amide bonds. The third-order valence-electron chi connectivity index (χ3n) is 1.11. The van der Waals surface area contributed by atoms with E-state index in [0.717, 1.165) is 19.6 Å². The lowest BCUT2D eigenvalue weighted by molar-refractivity contribution is 0.613. The molecular weight excluding hydrogens is 136 g/mol. The van der Waals surface area contributed by atoms with Crippen molar-refractivity contribution in [1.82, 2.24) is 10.6 Å². The fraction of sp³-hybridized carbons (Fsp3) is 1.00. The van der Waals surface area contributed by atoms with Gasteiger partial charge in [0.2, 0.25) is 0 Å². The Kier molecular flexibility index (Phi) is 15.4. The molecule has 0 aliphatic rings. The Morgan fingerprint density at radius 2 is 1.36 bits per heavy atom. The van der Waals surface area contributed by atoms with Crippen molar-refractivity contribution in [2.24, 2.45) is 0 Å². The van der Waals surface area contributed by atoms with E-state index in [-0.39, 0.29) is 0 Å². The Morgan fingerprint density at radius 3 is 1.36 bits per heavy atom. The van der Waals surface area contributed by atoms with E-state index in [1.165, 1.54) is 0 Å². The average Bonchev–Trinajstić information content (AvgIpc) is 1.90. The third kappa shape index (κ3) is 25.7. The lowest BCUT2D eigenvalue weighted by atomic mass is 10.4. The molecule has 0 saturated heterocycles. The molecule has 0 aromatic carbocycles. The van der Waals surface area contributed by atoms with Crippen molar-refractivity contribution in [3.05, 3.63) is 0 Å². The summed E-state index contributed by atoms with van der Waals surface area (Å²) in [6.45, 7) is 13.9. The van der Waals surface area contributed by atoms with Crippen molar-refractivity contribution in [3.63, 3.8) is 0 Å². The predicted molar refractivity (Wildman–Crippen MR) is 53.0 cm³/mol. The van der Waals surface area contributed by atoms with Crippen LogP contribution in [0.5, 0.6) is 0 Å². The molecule has 11 heavy (non-hydrogen) atoms. The van der Waals surface area contributed by atoms with Crippen molar-refractivity contribution < 1.29 is 0 Å². The molecule has 0 radical (unpaired) electrons. The summed E-state index contributed by atoms with van der Waals surface area (Å²) in [4.78, 5) is 0. The standard InChI is InChI=1S/C5H13N.C4H11N/c1-4-6-5(2)3;1-3-5-4-2/h5-6H,4H2,1-3H3;5H,3-4H2,1-2H3. The Bertz CT molecular complexity index is 51.5. The van der Waals surface area contributed by atoms with Gasteiger partial charge in [0, 0.05) is 6.04 Å². The highest BCUT2D eigenvalue weighted by molar-refractivity contribution is 4.46. The van der Waals surface area contributed by atoms with Crippen molar-refractivity contribution in [1.29, 1.82) is 0 Å². The van der Waals surface area contributed by atoms with Crippen LogP contribution in [-0.2, 0) is 0 Å². The van der Waals surface area contributed by atoms with Gasteiger partial charge in [-0.3, -0.25) is 0 Å². The Morgan fingerprint density at radius 1 is 0.909 bits per heavy atom. The first-order valence-electron chi connectivity index (χ1n) is 4.63. The van der Waals surface area contributed by atoms with Gasteiger partial charge >= 0.3 is 0 Å². The maximum Gasteiger partial charge on any atom is 0.00102 e. The molecular formula is C9H24N2. The predicted octanol–water partition coefficient (Wildman–Crippen LogP) is 1.62. The minimum absolute atomic E-state index is 0.648. The van der Waals surface area contributed by atoms with E-state index in [4.69, 9.17) is 0 Å². The fourth-order valence-electron chi connectivity index (χ4n) is 0.658. The van der Waals surface area contributed by atoms with Gasteiger partial charge in [-0.1, -0.05) is 34.6 Å². The number of hydrogen-bond acceptors (Lipinski definition) is 2. The first-order valence-corrected chi connectivity index (χ1v) is 4.63. The molecule has 0 aliphatic carbocycles. The highest BCUT2D eigenvalue weighted by atomic mass is 14.9. The van der Waals surface area contributed by atoms with Gasteiger partial charge in [0.15, 0.2) is 0 Å². The first-order chi connectivity index (χ1) is 5.18. The third-order valence-corrected chi connectivity index (χ3v) is 1.11. The van der Waals surface area contributed by atoms with E-state index >= 15 is 0 Å². The van der Waals surface area contributed by atoms with E-state index in [1.807, 2.05) is 0 Å². The molecule has 0 aliphatic heterocycles. The highest BCUT2D eigenvalue weighted by Gasteiger charge is 1.82. The molecule has 0 heterocycles. The molecule has 0 saturated carbocycles. The van der Waals surface area contributed by atoms with Crippen LogP contribution in [0, 0.1) is 0 Å². The average molecular weight is 160 g/mol. The van der Waals surface area contributed by atoms with Crippen LogP contribution in [0.3, 0.4) is 0 Å². The summed E-state index contributed by atoms with van der Waals surface area (Å²) in [5, 5.41) is 6.32. The number of hydrogen-bond donors (Lipinski definition) is 2. The second kappa shape index (κ2) is 12.6. The van der Waals surface area contributed by atoms with Crippen LogP contribution in [-0.4, -0.2) is 25.7 Å². The van der Waals surface area contributed by atoms with Gasteiger partial charge in [-0.15, -0.1) is 0 Å². The van der Waals surface area contributed by atoms with Gasteiger partial charge in [0.25, 0.3) is 0 Å². The lowest BCUT2D eigenvalue weighted by Gasteiger charge is -2.00. The summed E-state index contributed by atoms with van der Waals surface area (Å²) in [5.41, 5.74) is 0. The Labute approximate surface area is 71.8 Å². The fourth-order valence-corrected chi connectivity index (χ4v) is 0.658. The zero-order chi connectivity index (χ0) is 9.11. The second-order valence-electron chi connectivity index (χ2n) is 2.67. The molecule has 0 atom stereocenters. The maximum atomic E-state index is 3.21. The van der Waals surface area contributed by atoms with Crippen LogP contribution in [0.4, 0.5) is 0 Å². The van der Waals surface area contributed by atoms with Crippen LogP contribution in [0.1, 0.15) is 34.6 Å². The number of nitrogens with one attached hydrogen (secondary N) is 2. The first kappa shape index (κ1) is 13.5. The van der Waals surface area contributed by atoms with Crippen LogP contribution in [0.25, 0.3) is 0 Å². The Balaban J connectivity index is 0. The van der Waals surface area contributed by atoms with Gasteiger partial charge in [-0.25, -0.2) is 0 Å². The SMILES string of the molecule is CCNC(C)C.CCNCC. The van der Waals surface area contributed by atoms with E-state index in [9.17, 15) is 0 Å². The second-order valence-corrected chi connectivity index (χ2v) is 2.67. The molecule has 0 aromatic rings. The van der Waals surface area contributed by atoms with Crippen LogP contribution < -0.4 is 10.6 Å². The zero-order valence-electron chi connectivity index (χ0n) is 8.70. The smallest absolute Gasteiger partial charge is 0.00102 e. The summed E-state index contributed by atoms with van der Waals surface area (Å²) in [7, 11) is 0. The minimum Gasteiger partial charge on any atom is -0.317 e. The van der Waals surface area contributed by atoms with Crippen LogP contribution in [0.15, 0.2) is 0 Å². The molecule has 2 N–H and O–H groups in total. The molecule has 2 nitrogen and oxygen atoms in total. The van der Waals surface area contributed by atoms with E-state index in [2.05, 4.69) is 45.3 Å². The molecule has 0 fully saturated rings. The van der Waals surface area contributed by atoms with E-state index < -0.39 is 0 Å². The normalized spacial score (nSPS) is 9.27. The molecule has 0 rings (SSSR count). The van der Waals surface area contributed by atoms with Gasteiger partial charge in [-0.2, -0.15) is 0 Å². The monoisotopic (exact) mass is 160 g/mol. The number of rotatable bonds is 4. The highest BCUT2D eigenvalue weighted by Crippen LogP contribution is 1.70. The molecule has 0 bridgehead atoms. The molecule has 0 spiro atoms. The van der Waals surface area contributed by atoms with Crippen molar-refractivity contribution in [2.75, 3.05) is 19.6 Å². The molecule has 70 valence electrons. The van der Waals surface area contributed by atoms with Crippen LogP contribution in [0.2, 0.25) is 0 Å². The summed E-state index contributed by atoms with van der Waals surface area (Å²) < 4.78 is 0. The van der Waals surface area contributed by atoms with E-state index in [1.54, 1.807) is 0 Å². The van der Waals surface area contributed by atoms with Crippen molar-refractivity contribution in [3.8, 4) is 0 Å². The Hall–Kier alpha value is -0.0800. The largest absolute Gasteiger partial charge is 0.317 e. The summed E-state index contributed by atoms with van der Waals surface area (Å²) in [6, 6.07) is 0.648. The molecule has 0 aromatic heterocycles. The summed E-state index contributed by atoms with van der Waals surface area (Å²) >= 11 is 0. The topological polar surface area (TPSA) is 24.1 Å². The lowest BCUT2D eigenvalue weighted by Crippen LogP contribution is -2.21. The van der Waals surface area contributed by atoms with Gasteiger partial charge in [0.05, 0.1) is 0 Å². The van der Waals surface area contributed by atoms with Gasteiger partial charge in [-0.05, 0) is 19.6 Å². The quantitative estimate of drug-likeness (QED) is 0.653. The maximum absolute atomic E-state index is 3.21. The minimum atomic E-state index is 0.648. The van der Waals surface area contributed by atoms with Crippen LogP contribution >= 0.6 is 0 Å². The summed E-state index contributed by atoms with van der Waals surface area (Å²) in [5.74, 6) is 0. The van der Waals surface area contributed by atoms with Gasteiger partial charge in [0.1, 0.15) is 0 Å². The van der Waals surface area contributed by atoms with Gasteiger partial charge < -0.3 is 10.6 Å². The van der Waals surface area contributed by atoms with Crippen molar-refractivity contribution >= 4 is 0 Å². The zero-order valence-corrected chi connectivity index (χ0v) is 8.70. The molecule has 0 unspecified atom stereocenters.